The van der Waals surface area contributed by atoms with Gasteiger partial charge in [0.15, 0.2) is 0 Å². The number of imidazole rings is 1. The van der Waals surface area contributed by atoms with Crippen molar-refractivity contribution in [2.45, 2.75) is 37.9 Å². The molecule has 0 saturated carbocycles. The molecular formula is C19H23N3S. The summed E-state index contributed by atoms with van der Waals surface area (Å²) in [5, 5.41) is 3.60. The maximum absolute atomic E-state index is 4.82. The minimum atomic E-state index is 0.211. The summed E-state index contributed by atoms with van der Waals surface area (Å²) in [6.45, 7) is 6.14. The molecule has 1 heterocycles. The van der Waals surface area contributed by atoms with Gasteiger partial charge in [-0.05, 0) is 49.9 Å². The Labute approximate surface area is 142 Å². The third-order valence-corrected chi connectivity index (χ3v) is 4.90. The standard InChI is InChI=1S/C19H23N3S/c1-4-22-18-8-6-5-7-17(18)21-19(22)14(2)20-13-15-9-11-16(23-3)12-10-15/h5-12,14,20H,4,13H2,1-3H3. The molecule has 4 heteroatoms. The normalized spacial score (nSPS) is 12.7. The summed E-state index contributed by atoms with van der Waals surface area (Å²) in [6, 6.07) is 17.3. The summed E-state index contributed by atoms with van der Waals surface area (Å²) >= 11 is 1.77. The predicted molar refractivity (Wildman–Crippen MR) is 98.9 cm³/mol. The van der Waals surface area contributed by atoms with Gasteiger partial charge in [-0.25, -0.2) is 4.98 Å². The van der Waals surface area contributed by atoms with Crippen LogP contribution in [0.15, 0.2) is 53.4 Å². The van der Waals surface area contributed by atoms with E-state index in [-0.39, 0.29) is 6.04 Å². The molecule has 0 aliphatic carbocycles. The quantitative estimate of drug-likeness (QED) is 0.670. The largest absolute Gasteiger partial charge is 0.327 e. The number of nitrogens with zero attached hydrogens (tertiary/aromatic N) is 2. The number of fused-ring (bicyclic) bond motifs is 1. The number of para-hydroxylation sites is 2. The molecule has 3 nitrogen and oxygen atoms in total. The number of aromatic nitrogens is 2. The van der Waals surface area contributed by atoms with Crippen molar-refractivity contribution < 1.29 is 0 Å². The summed E-state index contributed by atoms with van der Waals surface area (Å²) in [5.41, 5.74) is 3.58. The maximum atomic E-state index is 4.82. The number of hydrogen-bond donors (Lipinski definition) is 1. The zero-order valence-corrected chi connectivity index (χ0v) is 14.7. The molecular weight excluding hydrogens is 302 g/mol. The van der Waals surface area contributed by atoms with Crippen LogP contribution in [-0.2, 0) is 13.1 Å². The van der Waals surface area contributed by atoms with Gasteiger partial charge in [-0.1, -0.05) is 24.3 Å². The van der Waals surface area contributed by atoms with Gasteiger partial charge in [0.2, 0.25) is 0 Å². The highest BCUT2D eigenvalue weighted by Gasteiger charge is 2.15. The van der Waals surface area contributed by atoms with Crippen LogP contribution in [0.3, 0.4) is 0 Å². The second kappa shape index (κ2) is 7.20. The average Bonchev–Trinajstić information content (AvgIpc) is 2.98. The third kappa shape index (κ3) is 3.43. The molecule has 3 aromatic rings. The first-order chi connectivity index (χ1) is 11.2. The van der Waals surface area contributed by atoms with Crippen LogP contribution in [-0.4, -0.2) is 15.8 Å². The first kappa shape index (κ1) is 16.1. The van der Waals surface area contributed by atoms with Gasteiger partial charge in [0.05, 0.1) is 17.1 Å². The second-order valence-electron chi connectivity index (χ2n) is 5.65. The molecule has 0 bridgehead atoms. The first-order valence-electron chi connectivity index (χ1n) is 8.04. The fraction of sp³-hybridized carbons (Fsp3) is 0.316. The maximum Gasteiger partial charge on any atom is 0.126 e. The number of thioether (sulfide) groups is 1. The lowest BCUT2D eigenvalue weighted by Gasteiger charge is -2.15. The van der Waals surface area contributed by atoms with Crippen molar-refractivity contribution in [3.63, 3.8) is 0 Å². The van der Waals surface area contributed by atoms with Gasteiger partial charge in [0.1, 0.15) is 5.82 Å². The van der Waals surface area contributed by atoms with Gasteiger partial charge in [0.25, 0.3) is 0 Å². The van der Waals surface area contributed by atoms with Gasteiger partial charge >= 0.3 is 0 Å². The van der Waals surface area contributed by atoms with E-state index in [0.29, 0.717) is 0 Å². The Morgan fingerprint density at radius 2 is 1.87 bits per heavy atom. The molecule has 0 fully saturated rings. The highest BCUT2D eigenvalue weighted by Crippen LogP contribution is 2.21. The predicted octanol–water partition coefficient (Wildman–Crippen LogP) is 4.63. The highest BCUT2D eigenvalue weighted by molar-refractivity contribution is 7.98. The molecule has 0 radical (unpaired) electrons. The molecule has 1 atom stereocenters. The Morgan fingerprint density at radius 1 is 1.13 bits per heavy atom. The summed E-state index contributed by atoms with van der Waals surface area (Å²) < 4.78 is 2.30. The fourth-order valence-electron chi connectivity index (χ4n) is 2.86. The molecule has 0 aliphatic heterocycles. The summed E-state index contributed by atoms with van der Waals surface area (Å²) in [5.74, 6) is 1.11. The second-order valence-corrected chi connectivity index (χ2v) is 6.53. The number of aryl methyl sites for hydroxylation is 1. The molecule has 120 valence electrons. The van der Waals surface area contributed by atoms with E-state index in [1.54, 1.807) is 11.8 Å². The Balaban J connectivity index is 1.76. The fourth-order valence-corrected chi connectivity index (χ4v) is 3.27. The molecule has 1 aromatic heterocycles. The van der Waals surface area contributed by atoms with Crippen LogP contribution in [0.25, 0.3) is 11.0 Å². The molecule has 0 saturated heterocycles. The van der Waals surface area contributed by atoms with E-state index in [4.69, 9.17) is 4.98 Å². The van der Waals surface area contributed by atoms with Crippen molar-refractivity contribution in [1.82, 2.24) is 14.9 Å². The van der Waals surface area contributed by atoms with Crippen molar-refractivity contribution in [2.24, 2.45) is 0 Å². The lowest BCUT2D eigenvalue weighted by Crippen LogP contribution is -2.21. The first-order valence-corrected chi connectivity index (χ1v) is 9.27. The van der Waals surface area contributed by atoms with Crippen molar-refractivity contribution in [2.75, 3.05) is 6.26 Å². The zero-order valence-electron chi connectivity index (χ0n) is 13.9. The summed E-state index contributed by atoms with van der Waals surface area (Å²) in [4.78, 5) is 6.12. The zero-order chi connectivity index (χ0) is 16.2. The van der Waals surface area contributed by atoms with E-state index in [2.05, 4.69) is 72.5 Å². The van der Waals surface area contributed by atoms with Crippen molar-refractivity contribution in [3.05, 3.63) is 59.9 Å². The molecule has 0 aliphatic rings. The van der Waals surface area contributed by atoms with Crippen LogP contribution in [0.4, 0.5) is 0 Å². The van der Waals surface area contributed by atoms with Crippen molar-refractivity contribution >= 4 is 22.8 Å². The van der Waals surface area contributed by atoms with E-state index in [1.807, 2.05) is 6.07 Å². The topological polar surface area (TPSA) is 29.9 Å². The van der Waals surface area contributed by atoms with E-state index in [1.165, 1.54) is 16.0 Å². The van der Waals surface area contributed by atoms with E-state index in [9.17, 15) is 0 Å². The average molecular weight is 325 g/mol. The SMILES string of the molecule is CCn1c(C(C)NCc2ccc(SC)cc2)nc2ccccc21. The monoisotopic (exact) mass is 325 g/mol. The third-order valence-electron chi connectivity index (χ3n) is 4.16. The lowest BCUT2D eigenvalue weighted by molar-refractivity contribution is 0.521. The number of hydrogen-bond acceptors (Lipinski definition) is 3. The number of rotatable bonds is 6. The van der Waals surface area contributed by atoms with Gasteiger partial charge in [-0.3, -0.25) is 0 Å². The number of benzene rings is 2. The molecule has 3 rings (SSSR count). The Bertz CT molecular complexity index is 777. The van der Waals surface area contributed by atoms with Gasteiger partial charge in [0, 0.05) is 18.0 Å². The van der Waals surface area contributed by atoms with E-state index < -0.39 is 0 Å². The van der Waals surface area contributed by atoms with Crippen LogP contribution in [0, 0.1) is 0 Å². The van der Waals surface area contributed by atoms with Crippen LogP contribution >= 0.6 is 11.8 Å². The Morgan fingerprint density at radius 3 is 2.57 bits per heavy atom. The van der Waals surface area contributed by atoms with Crippen LogP contribution < -0.4 is 5.32 Å². The van der Waals surface area contributed by atoms with Crippen molar-refractivity contribution in [1.29, 1.82) is 0 Å². The molecule has 0 amide bonds. The molecule has 23 heavy (non-hydrogen) atoms. The Kier molecular flexibility index (Phi) is 5.03. The Hall–Kier alpha value is -1.78. The highest BCUT2D eigenvalue weighted by atomic mass is 32.2. The summed E-state index contributed by atoms with van der Waals surface area (Å²) in [6.07, 6.45) is 2.10. The van der Waals surface area contributed by atoms with Crippen LogP contribution in [0.2, 0.25) is 0 Å². The summed E-state index contributed by atoms with van der Waals surface area (Å²) in [7, 11) is 0. The minimum Gasteiger partial charge on any atom is -0.327 e. The minimum absolute atomic E-state index is 0.211. The number of nitrogens with one attached hydrogen (secondary N) is 1. The molecule has 1 N–H and O–H groups in total. The lowest BCUT2D eigenvalue weighted by atomic mass is 10.2. The van der Waals surface area contributed by atoms with Crippen LogP contribution in [0.1, 0.15) is 31.3 Å². The van der Waals surface area contributed by atoms with Gasteiger partial charge in [-0.15, -0.1) is 11.8 Å². The van der Waals surface area contributed by atoms with Crippen molar-refractivity contribution in [3.8, 4) is 0 Å². The van der Waals surface area contributed by atoms with Gasteiger partial charge < -0.3 is 9.88 Å². The van der Waals surface area contributed by atoms with Gasteiger partial charge in [-0.2, -0.15) is 0 Å². The molecule has 0 spiro atoms. The van der Waals surface area contributed by atoms with E-state index in [0.717, 1.165) is 24.4 Å². The smallest absolute Gasteiger partial charge is 0.126 e. The molecule has 2 aromatic carbocycles. The van der Waals surface area contributed by atoms with E-state index >= 15 is 0 Å². The van der Waals surface area contributed by atoms with Crippen LogP contribution in [0.5, 0.6) is 0 Å². The molecule has 1 unspecified atom stereocenters.